The predicted octanol–water partition coefficient (Wildman–Crippen LogP) is 4.73. The van der Waals surface area contributed by atoms with Crippen LogP contribution in [0.3, 0.4) is 0 Å². The summed E-state index contributed by atoms with van der Waals surface area (Å²) in [6.07, 6.45) is 7.98. The smallest absolute Gasteiger partial charge is 0.00288 e. The van der Waals surface area contributed by atoms with Gasteiger partial charge < -0.3 is 0 Å². The molecule has 3 rings (SSSR count). The van der Waals surface area contributed by atoms with Gasteiger partial charge in [0, 0.05) is 0 Å². The van der Waals surface area contributed by atoms with Gasteiger partial charge in [0.25, 0.3) is 0 Å². The average Bonchev–Trinajstić information content (AvgIpc) is 2.88. The first-order valence-corrected chi connectivity index (χ1v) is 6.86. The van der Waals surface area contributed by atoms with Gasteiger partial charge in [-0.25, -0.2) is 0 Å². The van der Waals surface area contributed by atoms with Gasteiger partial charge in [-0.2, -0.15) is 0 Å². The molecule has 0 saturated heterocycles. The summed E-state index contributed by atoms with van der Waals surface area (Å²) in [5.41, 5.74) is 5.78. The molecule has 0 heteroatoms. The minimum atomic E-state index is 1.05. The largest absolute Gasteiger partial charge is 0.0769 e. The van der Waals surface area contributed by atoms with Gasteiger partial charge in [0.05, 0.1) is 0 Å². The molecule has 0 nitrogen and oxygen atoms in total. The Balaban J connectivity index is 1.64. The number of hydrogen-bond acceptors (Lipinski definition) is 0. The second-order valence-corrected chi connectivity index (χ2v) is 5.11. The minimum absolute atomic E-state index is 1.05. The molecule has 94 valence electrons. The Kier molecular flexibility index (Phi) is 3.60. The van der Waals surface area contributed by atoms with Crippen molar-refractivity contribution in [1.82, 2.24) is 0 Å². The third-order valence-corrected chi connectivity index (χ3v) is 3.54. The summed E-state index contributed by atoms with van der Waals surface area (Å²) in [5.74, 6) is 0. The Bertz CT molecular complexity index is 588. The van der Waals surface area contributed by atoms with Crippen LogP contribution in [0.1, 0.15) is 17.5 Å². The molecule has 0 aromatic heterocycles. The van der Waals surface area contributed by atoms with Gasteiger partial charge in [-0.15, -0.1) is 0 Å². The van der Waals surface area contributed by atoms with Gasteiger partial charge in [-0.1, -0.05) is 78.4 Å². The van der Waals surface area contributed by atoms with Crippen LogP contribution in [0.4, 0.5) is 0 Å². The van der Waals surface area contributed by atoms with Gasteiger partial charge in [0.15, 0.2) is 0 Å². The van der Waals surface area contributed by atoms with Crippen LogP contribution in [0.25, 0.3) is 0 Å². The van der Waals surface area contributed by atoms with Gasteiger partial charge in [0.1, 0.15) is 0 Å². The van der Waals surface area contributed by atoms with Gasteiger partial charge in [-0.05, 0) is 36.0 Å². The lowest BCUT2D eigenvalue weighted by molar-refractivity contribution is 1.09. The van der Waals surface area contributed by atoms with Crippen LogP contribution < -0.4 is 0 Å². The van der Waals surface area contributed by atoms with E-state index in [2.05, 4.69) is 72.8 Å². The molecule has 0 bridgehead atoms. The van der Waals surface area contributed by atoms with Gasteiger partial charge >= 0.3 is 0 Å². The normalized spacial score (nSPS) is 14.1. The molecule has 0 aliphatic heterocycles. The average molecular weight is 246 g/mol. The van der Waals surface area contributed by atoms with E-state index in [9.17, 15) is 0 Å². The molecule has 0 spiro atoms. The molecule has 1 aliphatic rings. The maximum Gasteiger partial charge on any atom is -0.00288 e. The molecule has 0 N–H and O–H groups in total. The van der Waals surface area contributed by atoms with Crippen molar-refractivity contribution in [2.75, 3.05) is 0 Å². The standard InChI is InChI=1S/C19H18/c1-3-7-16(8-4-1)13-18-11-12-19(15-18)14-17-9-5-2-6-10-17/h1-11,15H,12-14H2. The van der Waals surface area contributed by atoms with Gasteiger partial charge in [-0.3, -0.25) is 0 Å². The summed E-state index contributed by atoms with van der Waals surface area (Å²) in [6, 6.07) is 21.4. The minimum Gasteiger partial charge on any atom is -0.0769 e. The fourth-order valence-corrected chi connectivity index (χ4v) is 2.58. The Morgan fingerprint density at radius 3 is 1.89 bits per heavy atom. The molecule has 0 amide bonds. The van der Waals surface area contributed by atoms with Crippen molar-refractivity contribution in [2.45, 2.75) is 19.3 Å². The Morgan fingerprint density at radius 1 is 0.684 bits per heavy atom. The maximum atomic E-state index is 2.38. The van der Waals surface area contributed by atoms with Crippen LogP contribution in [0.5, 0.6) is 0 Å². The second-order valence-electron chi connectivity index (χ2n) is 5.11. The first-order valence-electron chi connectivity index (χ1n) is 6.86. The molecule has 0 fully saturated rings. The van der Waals surface area contributed by atoms with Crippen LogP contribution in [0.2, 0.25) is 0 Å². The Labute approximate surface area is 115 Å². The SMILES string of the molecule is C1=C(Cc2ccccc2)C=C(Cc2ccccc2)C1. The van der Waals surface area contributed by atoms with Crippen LogP contribution in [-0.4, -0.2) is 0 Å². The summed E-state index contributed by atoms with van der Waals surface area (Å²) in [5, 5.41) is 0. The van der Waals surface area contributed by atoms with E-state index in [4.69, 9.17) is 0 Å². The van der Waals surface area contributed by atoms with E-state index in [0.717, 1.165) is 19.3 Å². The molecule has 0 heterocycles. The number of allylic oxidation sites excluding steroid dienone is 4. The Morgan fingerprint density at radius 2 is 1.26 bits per heavy atom. The molecule has 1 aliphatic carbocycles. The molecule has 0 unspecified atom stereocenters. The van der Waals surface area contributed by atoms with Crippen LogP contribution in [0.15, 0.2) is 84.0 Å². The highest BCUT2D eigenvalue weighted by Crippen LogP contribution is 2.23. The molecule has 0 saturated carbocycles. The molecule has 0 radical (unpaired) electrons. The summed E-state index contributed by atoms with van der Waals surface area (Å²) in [6.45, 7) is 0. The van der Waals surface area contributed by atoms with E-state index in [0.29, 0.717) is 0 Å². The lowest BCUT2D eigenvalue weighted by Crippen LogP contribution is -1.87. The van der Waals surface area contributed by atoms with Crippen molar-refractivity contribution in [2.24, 2.45) is 0 Å². The first kappa shape index (κ1) is 12.0. The topological polar surface area (TPSA) is 0 Å². The molecular formula is C19H18. The highest BCUT2D eigenvalue weighted by molar-refractivity contribution is 5.39. The summed E-state index contributed by atoms with van der Waals surface area (Å²) in [7, 11) is 0. The maximum absolute atomic E-state index is 2.38. The molecule has 2 aromatic rings. The van der Waals surface area contributed by atoms with Crippen LogP contribution >= 0.6 is 0 Å². The number of benzene rings is 2. The fraction of sp³-hybridized carbons (Fsp3) is 0.158. The van der Waals surface area contributed by atoms with Crippen LogP contribution in [-0.2, 0) is 12.8 Å². The number of rotatable bonds is 4. The van der Waals surface area contributed by atoms with Crippen LogP contribution in [0, 0.1) is 0 Å². The zero-order valence-electron chi connectivity index (χ0n) is 11.0. The van der Waals surface area contributed by atoms with Crippen molar-refractivity contribution in [3.8, 4) is 0 Å². The molecular weight excluding hydrogens is 228 g/mol. The monoisotopic (exact) mass is 246 g/mol. The zero-order chi connectivity index (χ0) is 12.9. The van der Waals surface area contributed by atoms with E-state index in [1.807, 2.05) is 0 Å². The number of hydrogen-bond donors (Lipinski definition) is 0. The fourth-order valence-electron chi connectivity index (χ4n) is 2.58. The van der Waals surface area contributed by atoms with Crippen molar-refractivity contribution < 1.29 is 0 Å². The third-order valence-electron chi connectivity index (χ3n) is 3.54. The molecule has 0 atom stereocenters. The van der Waals surface area contributed by atoms with Crippen molar-refractivity contribution in [3.63, 3.8) is 0 Å². The third kappa shape index (κ3) is 3.23. The summed E-state index contributed by atoms with van der Waals surface area (Å²) < 4.78 is 0. The van der Waals surface area contributed by atoms with E-state index < -0.39 is 0 Å². The van der Waals surface area contributed by atoms with E-state index in [1.54, 1.807) is 0 Å². The van der Waals surface area contributed by atoms with Gasteiger partial charge in [0.2, 0.25) is 0 Å². The zero-order valence-corrected chi connectivity index (χ0v) is 11.0. The Hall–Kier alpha value is -2.08. The summed E-state index contributed by atoms with van der Waals surface area (Å²) in [4.78, 5) is 0. The van der Waals surface area contributed by atoms with Crippen molar-refractivity contribution in [1.29, 1.82) is 0 Å². The van der Waals surface area contributed by atoms with E-state index in [1.165, 1.54) is 22.3 Å². The lowest BCUT2D eigenvalue weighted by Gasteiger charge is -2.02. The lowest BCUT2D eigenvalue weighted by atomic mass is 10.0. The van der Waals surface area contributed by atoms with Crippen molar-refractivity contribution in [3.05, 3.63) is 95.1 Å². The summed E-state index contributed by atoms with van der Waals surface area (Å²) >= 11 is 0. The highest BCUT2D eigenvalue weighted by atomic mass is 14.1. The van der Waals surface area contributed by atoms with E-state index in [-0.39, 0.29) is 0 Å². The quantitative estimate of drug-likeness (QED) is 0.731. The predicted molar refractivity (Wildman–Crippen MR) is 81.1 cm³/mol. The molecule has 2 aromatic carbocycles. The van der Waals surface area contributed by atoms with E-state index >= 15 is 0 Å². The molecule has 19 heavy (non-hydrogen) atoms. The second kappa shape index (κ2) is 5.71. The van der Waals surface area contributed by atoms with Crippen molar-refractivity contribution >= 4 is 0 Å². The first-order chi connectivity index (χ1) is 9.40. The highest BCUT2D eigenvalue weighted by Gasteiger charge is 2.07.